The minimum Gasteiger partial charge on any atom is -1.00 e. The van der Waals surface area contributed by atoms with E-state index >= 15 is 0 Å². The van der Waals surface area contributed by atoms with Crippen molar-refractivity contribution in [2.24, 2.45) is 5.41 Å². The number of hydrogen-bond donors (Lipinski definition) is 0. The molecule has 1 nitrogen and oxygen atoms in total. The van der Waals surface area contributed by atoms with Crippen molar-refractivity contribution >= 4 is 22.1 Å². The highest BCUT2D eigenvalue weighted by Gasteiger charge is 2.37. The Morgan fingerprint density at radius 1 is 1.28 bits per heavy atom. The fourth-order valence-electron chi connectivity index (χ4n) is 2.62. The number of alkyl halides is 1. The fourth-order valence-corrected chi connectivity index (χ4v) is 3.23. The lowest BCUT2D eigenvalue weighted by Gasteiger charge is -2.09. The molecule has 1 aliphatic heterocycles. The zero-order chi connectivity index (χ0) is 12.3. The van der Waals surface area contributed by atoms with Gasteiger partial charge >= 0.3 is 0 Å². The van der Waals surface area contributed by atoms with Gasteiger partial charge in [-0.15, -0.1) is 0 Å². The summed E-state index contributed by atoms with van der Waals surface area (Å²) in [5, 5.41) is 1.07. The summed E-state index contributed by atoms with van der Waals surface area (Å²) in [6.07, 6.45) is 4.81. The largest absolute Gasteiger partial charge is 1.00 e. The molecule has 0 aliphatic carbocycles. The van der Waals surface area contributed by atoms with E-state index in [1.165, 1.54) is 12.0 Å². The van der Waals surface area contributed by atoms with Gasteiger partial charge in [-0.3, -0.25) is 0 Å². The maximum atomic E-state index is 3.63. The average Bonchev–Trinajstić information content (AvgIpc) is 2.63. The summed E-state index contributed by atoms with van der Waals surface area (Å²) in [6, 6.07) is 11.4. The maximum Gasteiger partial charge on any atom is 0.163 e. The van der Waals surface area contributed by atoms with E-state index in [4.69, 9.17) is 0 Å². The molecule has 3 heteroatoms. The second-order valence-corrected chi connectivity index (χ2v) is 6.25. The second kappa shape index (κ2) is 6.85. The molecule has 1 aromatic rings. The third-order valence-corrected chi connectivity index (χ3v) is 4.17. The van der Waals surface area contributed by atoms with Crippen molar-refractivity contribution < 1.29 is 21.6 Å². The third-order valence-electron chi connectivity index (χ3n) is 3.43. The first-order valence-electron chi connectivity index (χ1n) is 6.32. The number of nitrogens with zero attached hydrogens (tertiary/aromatic N) is 1. The molecule has 1 aliphatic rings. The summed E-state index contributed by atoms with van der Waals surface area (Å²) >= 11 is 3.63. The van der Waals surface area contributed by atoms with Gasteiger partial charge in [-0.05, 0) is 5.56 Å². The van der Waals surface area contributed by atoms with Gasteiger partial charge in [0.1, 0.15) is 12.8 Å². The summed E-state index contributed by atoms with van der Waals surface area (Å²) < 4.78 is 2.52. The van der Waals surface area contributed by atoms with Crippen LogP contribution in [0.2, 0.25) is 0 Å². The van der Waals surface area contributed by atoms with Crippen LogP contribution < -0.4 is 17.0 Å². The van der Waals surface area contributed by atoms with Crippen molar-refractivity contribution in [2.75, 3.05) is 11.9 Å². The zero-order valence-corrected chi connectivity index (χ0v) is 14.2. The normalized spacial score (nSPS) is 21.3. The Labute approximate surface area is 129 Å². The quantitative estimate of drug-likeness (QED) is 0.533. The van der Waals surface area contributed by atoms with Crippen molar-refractivity contribution in [1.29, 1.82) is 0 Å². The van der Waals surface area contributed by atoms with E-state index in [-0.39, 0.29) is 17.0 Å². The smallest absolute Gasteiger partial charge is 0.163 e. The highest BCUT2D eigenvalue weighted by atomic mass is 79.9. The lowest BCUT2D eigenvalue weighted by molar-refractivity contribution is -0.548. The molecule has 100 valence electrons. The molecule has 0 spiro atoms. The fraction of sp³-hybridized carbons (Fsp3) is 0.533. The topological polar surface area (TPSA) is 3.01 Å². The molecule has 2 rings (SSSR count). The highest BCUT2D eigenvalue weighted by Crippen LogP contribution is 2.28. The van der Waals surface area contributed by atoms with Crippen LogP contribution in [0.25, 0.3) is 0 Å². The van der Waals surface area contributed by atoms with Gasteiger partial charge in [-0.2, -0.15) is 0 Å². The third kappa shape index (κ3) is 4.20. The van der Waals surface area contributed by atoms with Crippen LogP contribution >= 0.6 is 15.9 Å². The van der Waals surface area contributed by atoms with Gasteiger partial charge in [0.05, 0.1) is 5.33 Å². The molecule has 0 aromatic heterocycles. The molecule has 0 saturated heterocycles. The van der Waals surface area contributed by atoms with E-state index in [2.05, 4.69) is 70.9 Å². The first-order chi connectivity index (χ1) is 8.11. The van der Waals surface area contributed by atoms with Crippen LogP contribution in [-0.2, 0) is 6.42 Å². The van der Waals surface area contributed by atoms with Crippen LogP contribution in [0, 0.1) is 5.41 Å². The average molecular weight is 375 g/mol. The Bertz CT molecular complexity index is 398. The Morgan fingerprint density at radius 2 is 1.94 bits per heavy atom. The molecule has 0 bridgehead atoms. The molecule has 1 unspecified atom stereocenters. The van der Waals surface area contributed by atoms with Crippen LogP contribution in [-0.4, -0.2) is 28.7 Å². The van der Waals surface area contributed by atoms with Gasteiger partial charge in [0.2, 0.25) is 0 Å². The van der Waals surface area contributed by atoms with Crippen molar-refractivity contribution in [3.05, 3.63) is 35.9 Å². The summed E-state index contributed by atoms with van der Waals surface area (Å²) in [4.78, 5) is 0. The van der Waals surface area contributed by atoms with Crippen LogP contribution in [0.15, 0.2) is 30.3 Å². The molecule has 1 heterocycles. The molecule has 0 fully saturated rings. The van der Waals surface area contributed by atoms with Gasteiger partial charge in [0.15, 0.2) is 6.04 Å². The Morgan fingerprint density at radius 3 is 2.56 bits per heavy atom. The van der Waals surface area contributed by atoms with E-state index in [0.717, 1.165) is 18.3 Å². The first kappa shape index (κ1) is 15.9. The lowest BCUT2D eigenvalue weighted by Crippen LogP contribution is -3.00. The van der Waals surface area contributed by atoms with E-state index in [0.29, 0.717) is 11.5 Å². The number of halogens is 2. The number of hydrogen-bond acceptors (Lipinski definition) is 0. The summed E-state index contributed by atoms with van der Waals surface area (Å²) in [5.41, 5.74) is 1.79. The molecular formula is C15H21Br2N. The predicted octanol–water partition coefficient (Wildman–Crippen LogP) is 0.510. The molecule has 0 saturated carbocycles. The number of rotatable bonds is 4. The van der Waals surface area contributed by atoms with E-state index < -0.39 is 0 Å². The standard InChI is InChI=1S/C15H21BrN.BrH/c1-15(2)10-14(11-16)17(12-15)9-8-13-6-4-3-5-7-13;/h3-7,12,14H,8-11H2,1-2H3;1H/q+1;/p-1. The van der Waals surface area contributed by atoms with Crippen LogP contribution in [0.4, 0.5) is 0 Å². The second-order valence-electron chi connectivity index (χ2n) is 5.60. The maximum absolute atomic E-state index is 3.63. The van der Waals surface area contributed by atoms with Crippen molar-refractivity contribution in [1.82, 2.24) is 0 Å². The van der Waals surface area contributed by atoms with Gasteiger partial charge in [0, 0.05) is 18.3 Å². The van der Waals surface area contributed by atoms with Crippen LogP contribution in [0.3, 0.4) is 0 Å². The number of benzene rings is 1. The molecule has 0 N–H and O–H groups in total. The van der Waals surface area contributed by atoms with Crippen molar-refractivity contribution in [3.63, 3.8) is 0 Å². The molecule has 1 aromatic carbocycles. The first-order valence-corrected chi connectivity index (χ1v) is 7.44. The minimum absolute atomic E-state index is 0. The predicted molar refractivity (Wildman–Crippen MR) is 77.3 cm³/mol. The zero-order valence-electron chi connectivity index (χ0n) is 11.1. The van der Waals surface area contributed by atoms with Gasteiger partial charge < -0.3 is 17.0 Å². The molecule has 1 atom stereocenters. The van der Waals surface area contributed by atoms with Crippen LogP contribution in [0.5, 0.6) is 0 Å². The molecule has 0 amide bonds. The Balaban J connectivity index is 0.00000162. The summed E-state index contributed by atoms with van der Waals surface area (Å²) in [5.74, 6) is 0. The highest BCUT2D eigenvalue weighted by molar-refractivity contribution is 9.09. The van der Waals surface area contributed by atoms with Crippen molar-refractivity contribution in [3.8, 4) is 0 Å². The van der Waals surface area contributed by atoms with E-state index in [1.54, 1.807) is 0 Å². The van der Waals surface area contributed by atoms with Gasteiger partial charge in [-0.1, -0.05) is 60.1 Å². The molecular weight excluding hydrogens is 354 g/mol. The van der Waals surface area contributed by atoms with Gasteiger partial charge in [0.25, 0.3) is 0 Å². The van der Waals surface area contributed by atoms with Crippen LogP contribution in [0.1, 0.15) is 25.8 Å². The molecule has 18 heavy (non-hydrogen) atoms. The monoisotopic (exact) mass is 373 g/mol. The molecule has 0 radical (unpaired) electrons. The van der Waals surface area contributed by atoms with E-state index in [9.17, 15) is 0 Å². The van der Waals surface area contributed by atoms with Crippen molar-refractivity contribution in [2.45, 2.75) is 32.7 Å². The minimum atomic E-state index is 0. The summed E-state index contributed by atoms with van der Waals surface area (Å²) in [7, 11) is 0. The summed E-state index contributed by atoms with van der Waals surface area (Å²) in [6.45, 7) is 5.78. The van der Waals surface area contributed by atoms with E-state index in [1.807, 2.05) is 0 Å². The SMILES string of the molecule is CC1(C)C=[N+](CCc2ccccc2)C(CBr)C1.[Br-]. The lowest BCUT2D eigenvalue weighted by atomic mass is 9.91. The van der Waals surface area contributed by atoms with Gasteiger partial charge in [-0.25, -0.2) is 4.58 Å². The Hall–Kier alpha value is -0.150. The Kier molecular flexibility index (Phi) is 6.06.